The predicted molar refractivity (Wildman–Crippen MR) is 131 cm³/mol. The first-order valence-corrected chi connectivity index (χ1v) is 13.1. The Morgan fingerprint density at radius 2 is 1.95 bits per heavy atom. The third kappa shape index (κ3) is 8.48. The number of nitrogens with zero attached hydrogens (tertiary/aromatic N) is 2. The van der Waals surface area contributed by atoms with Crippen molar-refractivity contribution in [1.29, 1.82) is 0 Å². The molecule has 1 amide bonds. The van der Waals surface area contributed by atoms with E-state index in [4.69, 9.17) is 30.5 Å². The highest BCUT2D eigenvalue weighted by molar-refractivity contribution is 7.87. The van der Waals surface area contributed by atoms with E-state index in [1.54, 1.807) is 12.1 Å². The van der Waals surface area contributed by atoms with Gasteiger partial charge in [-0.2, -0.15) is 25.9 Å². The van der Waals surface area contributed by atoms with Crippen molar-refractivity contribution in [3.05, 3.63) is 52.7 Å². The lowest BCUT2D eigenvalue weighted by Crippen LogP contribution is -2.42. The molecule has 1 N–H and O–H groups in total. The number of aromatic nitrogens is 1. The van der Waals surface area contributed by atoms with Gasteiger partial charge in [0, 0.05) is 38.0 Å². The van der Waals surface area contributed by atoms with Crippen molar-refractivity contribution >= 4 is 34.0 Å². The summed E-state index contributed by atoms with van der Waals surface area (Å²) in [5, 5.41) is -0.361. The largest absolute Gasteiger partial charge is 0.491 e. The number of ether oxygens (including phenoxy) is 4. The van der Waals surface area contributed by atoms with Gasteiger partial charge in [0.15, 0.2) is 0 Å². The molecule has 0 atom stereocenters. The van der Waals surface area contributed by atoms with E-state index in [0.717, 1.165) is 4.31 Å². The van der Waals surface area contributed by atoms with Crippen molar-refractivity contribution in [2.75, 3.05) is 40.0 Å². The number of hydrogen-bond acceptors (Lipinski definition) is 8. The first-order valence-electron chi connectivity index (χ1n) is 11.3. The van der Waals surface area contributed by atoms with Gasteiger partial charge in [0.25, 0.3) is 0 Å². The molecular formula is C23H25ClF3N3O7S. The molecule has 1 aromatic heterocycles. The Balaban J connectivity index is 1.71. The van der Waals surface area contributed by atoms with E-state index in [1.165, 1.54) is 25.3 Å². The normalized spacial score (nSPS) is 14.6. The topological polar surface area (TPSA) is 116 Å². The summed E-state index contributed by atoms with van der Waals surface area (Å²) >= 11 is 5.97. The van der Waals surface area contributed by atoms with E-state index in [1.807, 2.05) is 4.72 Å². The van der Waals surface area contributed by atoms with Gasteiger partial charge >= 0.3 is 22.5 Å². The van der Waals surface area contributed by atoms with Crippen LogP contribution in [0.4, 0.5) is 18.0 Å². The maximum Gasteiger partial charge on any atom is 0.422 e. The summed E-state index contributed by atoms with van der Waals surface area (Å²) in [6.07, 6.45) is -0.831. The van der Waals surface area contributed by atoms with E-state index in [0.29, 0.717) is 56.1 Å². The maximum atomic E-state index is 12.9. The Morgan fingerprint density at radius 1 is 1.21 bits per heavy atom. The molecule has 0 aliphatic carbocycles. The van der Waals surface area contributed by atoms with Gasteiger partial charge in [0.05, 0.1) is 12.2 Å². The number of carbonyl (C=O) groups excluding carboxylic acids is 1. The van der Waals surface area contributed by atoms with E-state index >= 15 is 0 Å². The summed E-state index contributed by atoms with van der Waals surface area (Å²) in [6, 6.07) is 5.37. The molecule has 0 spiro atoms. The SMILES string of the molecule is COCCOc1ccc(/C=C/COC(=O)NS(=O)(=O)N2CCCC2)c(Oc2ncc(C(F)(F)F)cc2Cl)c1. The lowest BCUT2D eigenvalue weighted by atomic mass is 10.1. The molecule has 15 heteroatoms. The number of alkyl halides is 3. The number of carbonyl (C=O) groups is 1. The monoisotopic (exact) mass is 579 g/mol. The number of pyridine rings is 1. The van der Waals surface area contributed by atoms with E-state index in [9.17, 15) is 26.4 Å². The van der Waals surface area contributed by atoms with Crippen molar-refractivity contribution in [1.82, 2.24) is 14.0 Å². The number of halogens is 4. The molecule has 0 saturated carbocycles. The van der Waals surface area contributed by atoms with Crippen molar-refractivity contribution in [3.8, 4) is 17.4 Å². The van der Waals surface area contributed by atoms with Crippen LogP contribution in [0.5, 0.6) is 17.4 Å². The fraction of sp³-hybridized carbons (Fsp3) is 0.391. The molecule has 1 aromatic carbocycles. The second-order valence-corrected chi connectivity index (χ2v) is 9.94. The average Bonchev–Trinajstić information content (AvgIpc) is 3.40. The Hall–Kier alpha value is -3.07. The molecule has 0 bridgehead atoms. The Morgan fingerprint density at radius 3 is 2.61 bits per heavy atom. The van der Waals surface area contributed by atoms with Gasteiger partial charge in [-0.25, -0.2) is 14.5 Å². The van der Waals surface area contributed by atoms with Gasteiger partial charge in [-0.1, -0.05) is 17.7 Å². The summed E-state index contributed by atoms with van der Waals surface area (Å²) in [4.78, 5) is 15.6. The van der Waals surface area contributed by atoms with Crippen LogP contribution in [0.2, 0.25) is 5.02 Å². The molecule has 10 nitrogen and oxygen atoms in total. The van der Waals surface area contributed by atoms with Crippen LogP contribution >= 0.6 is 11.6 Å². The minimum Gasteiger partial charge on any atom is -0.491 e. The molecule has 1 aliphatic rings. The number of rotatable bonds is 11. The number of methoxy groups -OCH3 is 1. The summed E-state index contributed by atoms with van der Waals surface area (Å²) in [6.45, 7) is 0.916. The number of nitrogens with one attached hydrogen (secondary N) is 1. The third-order valence-electron chi connectivity index (χ3n) is 5.11. The van der Waals surface area contributed by atoms with Gasteiger partial charge in [-0.3, -0.25) is 0 Å². The van der Waals surface area contributed by atoms with Gasteiger partial charge in [0.2, 0.25) is 5.88 Å². The first kappa shape index (κ1) is 29.5. The van der Waals surface area contributed by atoms with Crippen molar-refractivity contribution in [3.63, 3.8) is 0 Å². The van der Waals surface area contributed by atoms with Crippen LogP contribution in [0, 0.1) is 0 Å². The molecule has 38 heavy (non-hydrogen) atoms. The van der Waals surface area contributed by atoms with Crippen molar-refractivity contribution < 1.29 is 45.3 Å². The zero-order valence-corrected chi connectivity index (χ0v) is 21.7. The van der Waals surface area contributed by atoms with Crippen LogP contribution in [0.25, 0.3) is 6.08 Å². The highest BCUT2D eigenvalue weighted by atomic mass is 35.5. The van der Waals surface area contributed by atoms with Crippen LogP contribution in [0.3, 0.4) is 0 Å². The summed E-state index contributed by atoms with van der Waals surface area (Å²) in [7, 11) is -2.46. The Labute approximate surface area is 222 Å². The number of benzene rings is 1. The van der Waals surface area contributed by atoms with Crippen LogP contribution in [-0.4, -0.2) is 63.8 Å². The molecule has 2 heterocycles. The molecule has 0 unspecified atom stereocenters. The molecule has 3 rings (SSSR count). The summed E-state index contributed by atoms with van der Waals surface area (Å²) in [5.41, 5.74) is -0.621. The molecule has 208 valence electrons. The van der Waals surface area contributed by atoms with Gasteiger partial charge in [0.1, 0.15) is 29.7 Å². The van der Waals surface area contributed by atoms with Crippen LogP contribution in [-0.2, 0) is 25.9 Å². The molecular weight excluding hydrogens is 555 g/mol. The van der Waals surface area contributed by atoms with Crippen LogP contribution < -0.4 is 14.2 Å². The molecule has 1 aliphatic heterocycles. The Bertz CT molecular complexity index is 1250. The minimum atomic E-state index is -4.63. The fourth-order valence-electron chi connectivity index (χ4n) is 3.26. The average molecular weight is 580 g/mol. The highest BCUT2D eigenvalue weighted by Crippen LogP contribution is 2.36. The zero-order valence-electron chi connectivity index (χ0n) is 20.2. The quantitative estimate of drug-likeness (QED) is 0.382. The molecule has 1 fully saturated rings. The standard InChI is InChI=1S/C23H25ClF3N3O7S/c1-34-11-12-35-18-7-6-16(5-4-10-36-22(31)29-38(32,33)30-8-2-3-9-30)20(14-18)37-21-19(24)13-17(15-28-21)23(25,26)27/h4-7,13-15H,2-3,8-12H2,1H3,(H,29,31)/b5-4+. The predicted octanol–water partition coefficient (Wildman–Crippen LogP) is 4.65. The maximum absolute atomic E-state index is 12.9. The van der Waals surface area contributed by atoms with E-state index < -0.39 is 28.0 Å². The second-order valence-electron chi connectivity index (χ2n) is 7.87. The lowest BCUT2D eigenvalue weighted by Gasteiger charge is -2.15. The number of amides is 1. The molecule has 2 aromatic rings. The smallest absolute Gasteiger partial charge is 0.422 e. The van der Waals surface area contributed by atoms with Gasteiger partial charge in [-0.05, 0) is 37.1 Å². The van der Waals surface area contributed by atoms with Gasteiger partial charge < -0.3 is 18.9 Å². The number of hydrogen-bond donors (Lipinski definition) is 1. The highest BCUT2D eigenvalue weighted by Gasteiger charge is 2.32. The summed E-state index contributed by atoms with van der Waals surface area (Å²) in [5.74, 6) is 0.234. The zero-order chi connectivity index (χ0) is 27.8. The van der Waals surface area contributed by atoms with Gasteiger partial charge in [-0.15, -0.1) is 0 Å². The van der Waals surface area contributed by atoms with E-state index in [2.05, 4.69) is 4.98 Å². The lowest BCUT2D eigenvalue weighted by molar-refractivity contribution is -0.137. The molecule has 0 radical (unpaired) electrons. The minimum absolute atomic E-state index is 0.131. The fourth-order valence-corrected chi connectivity index (χ4v) is 4.60. The van der Waals surface area contributed by atoms with Crippen LogP contribution in [0.15, 0.2) is 36.5 Å². The van der Waals surface area contributed by atoms with Crippen molar-refractivity contribution in [2.45, 2.75) is 19.0 Å². The van der Waals surface area contributed by atoms with E-state index in [-0.39, 0.29) is 29.9 Å². The Kier molecular flexibility index (Phi) is 10.2. The second kappa shape index (κ2) is 13.1. The molecule has 1 saturated heterocycles. The van der Waals surface area contributed by atoms with Crippen LogP contribution in [0.1, 0.15) is 24.0 Å². The van der Waals surface area contributed by atoms with Crippen molar-refractivity contribution in [2.24, 2.45) is 0 Å². The summed E-state index contributed by atoms with van der Waals surface area (Å²) < 4.78 is 87.1. The third-order valence-corrected chi connectivity index (χ3v) is 6.85. The first-order chi connectivity index (χ1) is 18.0.